The predicted octanol–water partition coefficient (Wildman–Crippen LogP) is 2.69. The number of amides is 2. The average molecular weight is 282 g/mol. The standard InChI is InChI=1S/C17H18N2O2/c1-11-8-9-15(13(3)10-11)17(21)19-18-16(20)14-7-5-4-6-12(14)2/h4-10H,1-3H3,(H,18,20)(H,19,21). The second-order valence-corrected chi connectivity index (χ2v) is 5.04. The summed E-state index contributed by atoms with van der Waals surface area (Å²) in [4.78, 5) is 24.1. The summed E-state index contributed by atoms with van der Waals surface area (Å²) in [5, 5.41) is 0. The molecule has 4 heteroatoms. The van der Waals surface area contributed by atoms with Gasteiger partial charge in [0.05, 0.1) is 0 Å². The Labute approximate surface area is 124 Å². The average Bonchev–Trinajstić information content (AvgIpc) is 2.45. The molecule has 0 atom stereocenters. The Balaban J connectivity index is 2.04. The number of nitrogens with one attached hydrogen (secondary N) is 2. The van der Waals surface area contributed by atoms with Gasteiger partial charge in [0.1, 0.15) is 0 Å². The van der Waals surface area contributed by atoms with E-state index in [2.05, 4.69) is 10.9 Å². The summed E-state index contributed by atoms with van der Waals surface area (Å²) in [5.41, 5.74) is 8.80. The Bertz CT molecular complexity index is 693. The van der Waals surface area contributed by atoms with Gasteiger partial charge in [-0.05, 0) is 44.0 Å². The molecule has 0 radical (unpaired) electrons. The first kappa shape index (κ1) is 14.8. The third kappa shape index (κ3) is 3.48. The lowest BCUT2D eigenvalue weighted by Crippen LogP contribution is -2.42. The van der Waals surface area contributed by atoms with Crippen LogP contribution in [0.4, 0.5) is 0 Å². The molecule has 21 heavy (non-hydrogen) atoms. The van der Waals surface area contributed by atoms with Crippen molar-refractivity contribution in [3.63, 3.8) is 0 Å². The normalized spacial score (nSPS) is 10.0. The van der Waals surface area contributed by atoms with Gasteiger partial charge < -0.3 is 0 Å². The molecule has 0 saturated carbocycles. The fraction of sp³-hybridized carbons (Fsp3) is 0.176. The van der Waals surface area contributed by atoms with Gasteiger partial charge in [-0.2, -0.15) is 0 Å². The second kappa shape index (κ2) is 6.22. The zero-order valence-corrected chi connectivity index (χ0v) is 12.4. The molecule has 108 valence electrons. The maximum Gasteiger partial charge on any atom is 0.269 e. The predicted molar refractivity (Wildman–Crippen MR) is 82.0 cm³/mol. The van der Waals surface area contributed by atoms with Gasteiger partial charge in [0, 0.05) is 11.1 Å². The van der Waals surface area contributed by atoms with Gasteiger partial charge in [0.15, 0.2) is 0 Å². The van der Waals surface area contributed by atoms with Gasteiger partial charge in [-0.25, -0.2) is 0 Å². The first-order chi connectivity index (χ1) is 9.99. The van der Waals surface area contributed by atoms with Gasteiger partial charge in [-0.3, -0.25) is 20.4 Å². The van der Waals surface area contributed by atoms with Crippen LogP contribution in [0.5, 0.6) is 0 Å². The summed E-state index contributed by atoms with van der Waals surface area (Å²) in [6, 6.07) is 12.8. The summed E-state index contributed by atoms with van der Waals surface area (Å²) in [7, 11) is 0. The van der Waals surface area contributed by atoms with Crippen LogP contribution in [0.2, 0.25) is 0 Å². The van der Waals surface area contributed by atoms with E-state index in [1.54, 1.807) is 18.2 Å². The minimum atomic E-state index is -0.328. The van der Waals surface area contributed by atoms with Crippen LogP contribution in [-0.4, -0.2) is 11.8 Å². The van der Waals surface area contributed by atoms with Crippen molar-refractivity contribution >= 4 is 11.8 Å². The molecule has 0 aromatic heterocycles. The van der Waals surface area contributed by atoms with Crippen molar-refractivity contribution in [2.45, 2.75) is 20.8 Å². The van der Waals surface area contributed by atoms with Crippen LogP contribution in [0.15, 0.2) is 42.5 Å². The van der Waals surface area contributed by atoms with Crippen LogP contribution < -0.4 is 10.9 Å². The lowest BCUT2D eigenvalue weighted by atomic mass is 10.1. The molecule has 0 spiro atoms. The number of benzene rings is 2. The Hall–Kier alpha value is -2.62. The van der Waals surface area contributed by atoms with Crippen molar-refractivity contribution in [2.75, 3.05) is 0 Å². The summed E-state index contributed by atoms with van der Waals surface area (Å²) < 4.78 is 0. The molecule has 2 amide bonds. The first-order valence-electron chi connectivity index (χ1n) is 6.72. The van der Waals surface area contributed by atoms with Crippen LogP contribution in [0.25, 0.3) is 0 Å². The molecule has 2 rings (SSSR count). The highest BCUT2D eigenvalue weighted by Crippen LogP contribution is 2.10. The van der Waals surface area contributed by atoms with Crippen LogP contribution in [-0.2, 0) is 0 Å². The lowest BCUT2D eigenvalue weighted by Gasteiger charge is -2.10. The third-order valence-corrected chi connectivity index (χ3v) is 3.31. The minimum absolute atomic E-state index is 0.325. The van der Waals surface area contributed by atoms with Crippen molar-refractivity contribution < 1.29 is 9.59 Å². The zero-order valence-electron chi connectivity index (χ0n) is 12.4. The maximum absolute atomic E-state index is 12.1. The highest BCUT2D eigenvalue weighted by molar-refractivity contribution is 6.00. The van der Waals surface area contributed by atoms with Crippen molar-refractivity contribution in [2.24, 2.45) is 0 Å². The molecule has 0 fully saturated rings. The quantitative estimate of drug-likeness (QED) is 0.832. The summed E-state index contributed by atoms with van der Waals surface area (Å²) in [6.45, 7) is 5.68. The van der Waals surface area contributed by atoms with Gasteiger partial charge in [0.2, 0.25) is 0 Å². The van der Waals surface area contributed by atoms with Gasteiger partial charge in [-0.1, -0.05) is 35.9 Å². The number of hydrazine groups is 1. The fourth-order valence-corrected chi connectivity index (χ4v) is 2.14. The SMILES string of the molecule is Cc1ccc(C(=O)NNC(=O)c2ccccc2C)c(C)c1. The van der Waals surface area contributed by atoms with E-state index in [-0.39, 0.29) is 11.8 Å². The number of carbonyl (C=O) groups is 2. The molecule has 0 bridgehead atoms. The zero-order chi connectivity index (χ0) is 15.4. The number of carbonyl (C=O) groups excluding carboxylic acids is 2. The third-order valence-electron chi connectivity index (χ3n) is 3.31. The van der Waals surface area contributed by atoms with Crippen molar-refractivity contribution in [3.8, 4) is 0 Å². The molecule has 0 aliphatic carbocycles. The molecular weight excluding hydrogens is 264 g/mol. The smallest absolute Gasteiger partial charge is 0.267 e. The molecule has 0 unspecified atom stereocenters. The molecule has 0 saturated heterocycles. The van der Waals surface area contributed by atoms with E-state index >= 15 is 0 Å². The molecule has 0 aliphatic heterocycles. The molecule has 2 aromatic carbocycles. The number of hydrogen-bond acceptors (Lipinski definition) is 2. The van der Waals surface area contributed by atoms with Crippen molar-refractivity contribution in [3.05, 3.63) is 70.3 Å². The highest BCUT2D eigenvalue weighted by atomic mass is 16.2. The van der Waals surface area contributed by atoms with E-state index in [1.165, 1.54) is 0 Å². The molecular formula is C17H18N2O2. The van der Waals surface area contributed by atoms with E-state index in [9.17, 15) is 9.59 Å². The number of hydrogen-bond donors (Lipinski definition) is 2. The van der Waals surface area contributed by atoms with E-state index in [0.29, 0.717) is 11.1 Å². The van der Waals surface area contributed by atoms with Gasteiger partial charge >= 0.3 is 0 Å². The van der Waals surface area contributed by atoms with Crippen LogP contribution in [0.3, 0.4) is 0 Å². The molecule has 4 nitrogen and oxygen atoms in total. The molecule has 0 heterocycles. The van der Waals surface area contributed by atoms with Gasteiger partial charge in [-0.15, -0.1) is 0 Å². The first-order valence-corrected chi connectivity index (χ1v) is 6.72. The van der Waals surface area contributed by atoms with Crippen LogP contribution in [0, 0.1) is 20.8 Å². The largest absolute Gasteiger partial charge is 0.269 e. The van der Waals surface area contributed by atoms with Crippen molar-refractivity contribution in [1.82, 2.24) is 10.9 Å². The van der Waals surface area contributed by atoms with E-state index in [1.807, 2.05) is 45.0 Å². The van der Waals surface area contributed by atoms with Crippen molar-refractivity contribution in [1.29, 1.82) is 0 Å². The Kier molecular flexibility index (Phi) is 4.38. The Morgan fingerprint density at radius 1 is 0.762 bits per heavy atom. The molecule has 0 aliphatic rings. The number of rotatable bonds is 2. The lowest BCUT2D eigenvalue weighted by molar-refractivity contribution is 0.0846. The summed E-state index contributed by atoms with van der Waals surface area (Å²) in [6.07, 6.45) is 0. The Morgan fingerprint density at radius 2 is 1.33 bits per heavy atom. The summed E-state index contributed by atoms with van der Waals surface area (Å²) in [5.74, 6) is -0.652. The Morgan fingerprint density at radius 3 is 1.90 bits per heavy atom. The van der Waals surface area contributed by atoms with E-state index < -0.39 is 0 Å². The minimum Gasteiger partial charge on any atom is -0.267 e. The maximum atomic E-state index is 12.1. The molecule has 2 N–H and O–H groups in total. The number of aryl methyl sites for hydroxylation is 3. The van der Waals surface area contributed by atoms with E-state index in [4.69, 9.17) is 0 Å². The highest BCUT2D eigenvalue weighted by Gasteiger charge is 2.12. The summed E-state index contributed by atoms with van der Waals surface area (Å²) >= 11 is 0. The monoisotopic (exact) mass is 282 g/mol. The van der Waals surface area contributed by atoms with Crippen LogP contribution in [0.1, 0.15) is 37.4 Å². The van der Waals surface area contributed by atoms with Gasteiger partial charge in [0.25, 0.3) is 11.8 Å². The van der Waals surface area contributed by atoms with E-state index in [0.717, 1.165) is 16.7 Å². The fourth-order valence-electron chi connectivity index (χ4n) is 2.14. The van der Waals surface area contributed by atoms with Crippen LogP contribution >= 0.6 is 0 Å². The topological polar surface area (TPSA) is 58.2 Å². The second-order valence-electron chi connectivity index (χ2n) is 5.04. The molecule has 2 aromatic rings.